The molecule has 0 atom stereocenters. The molecule has 68 valence electrons. The van der Waals surface area contributed by atoms with Crippen molar-refractivity contribution in [1.82, 2.24) is 10.2 Å². The molecule has 11 heavy (non-hydrogen) atoms. The first-order chi connectivity index (χ1) is 4.95. The van der Waals surface area contributed by atoms with Crippen LogP contribution in [0.5, 0.6) is 0 Å². The maximum atomic E-state index is 11.7. The van der Waals surface area contributed by atoms with Crippen LogP contribution in [-0.2, 0) is 0 Å². The number of hydrogen-bond donors (Lipinski definition) is 1. The smallest absolute Gasteiger partial charge is 0.448 e. The zero-order chi connectivity index (χ0) is 8.91. The monoisotopic (exact) mass is 169 g/mol. The molecule has 0 amide bonds. The minimum absolute atomic E-state index is 0.428. The molecule has 1 N–H and O–H groups in total. The Bertz CT molecular complexity index is 106. The van der Waals surface area contributed by atoms with Crippen molar-refractivity contribution in [3.8, 4) is 0 Å². The van der Waals surface area contributed by atoms with E-state index in [1.54, 1.807) is 7.05 Å². The Morgan fingerprint density at radius 1 is 1.36 bits per heavy atom. The Hall–Kier alpha value is -0.225. The molecule has 0 aromatic rings. The van der Waals surface area contributed by atoms with E-state index in [0.29, 0.717) is 13.1 Å². The number of nitrogens with one attached hydrogen (secondary N) is 1. The van der Waals surface area contributed by atoms with E-state index in [4.69, 9.17) is 0 Å². The average Bonchev–Trinajstić information content (AvgIpc) is 1.79. The highest BCUT2D eigenvalue weighted by molar-refractivity contribution is 6.58. The molecule has 0 radical (unpaired) electrons. The molecule has 0 aliphatic rings. The van der Waals surface area contributed by atoms with Crippen molar-refractivity contribution >= 4 is 6.98 Å². The first kappa shape index (κ1) is 10.8. The summed E-state index contributed by atoms with van der Waals surface area (Å²) in [6.45, 7) is -3.65. The van der Waals surface area contributed by atoms with E-state index in [-0.39, 0.29) is 0 Å². The first-order valence-electron chi connectivity index (χ1n) is 3.50. The van der Waals surface area contributed by atoms with Gasteiger partial charge in [-0.1, -0.05) is 0 Å². The molecule has 0 saturated heterocycles. The van der Waals surface area contributed by atoms with Gasteiger partial charge in [0.15, 0.2) is 0 Å². The fourth-order valence-electron chi connectivity index (χ4n) is 0.747. The number of nitrogens with zero attached hydrogens (tertiary/aromatic N) is 1. The summed E-state index contributed by atoms with van der Waals surface area (Å²) in [7, 11) is 3.18. The number of halogens is 3. The van der Waals surface area contributed by atoms with Crippen LogP contribution in [0.3, 0.4) is 0 Å². The van der Waals surface area contributed by atoms with Gasteiger partial charge in [-0.25, -0.2) is 0 Å². The van der Waals surface area contributed by atoms with Crippen LogP contribution in [0.25, 0.3) is 0 Å². The number of hydrogen-bond acceptors (Lipinski definition) is 2. The standard InChI is InChI=1S/C5H13BF3N2/c1-10-3-4-11(2)5-6(7,8)9/h10H,3-5H2,1-2H3/q-1. The topological polar surface area (TPSA) is 15.3 Å². The Morgan fingerprint density at radius 3 is 2.27 bits per heavy atom. The molecule has 0 saturated carbocycles. The second-order valence-corrected chi connectivity index (χ2v) is 2.58. The van der Waals surface area contributed by atoms with Gasteiger partial charge < -0.3 is 23.2 Å². The maximum Gasteiger partial charge on any atom is 0.492 e. The maximum absolute atomic E-state index is 11.7. The molecule has 0 fully saturated rings. The fraction of sp³-hybridized carbons (Fsp3) is 1.00. The summed E-state index contributed by atoms with van der Waals surface area (Å²) in [5.74, 6) is 0. The van der Waals surface area contributed by atoms with E-state index in [1.807, 2.05) is 0 Å². The molecule has 6 heteroatoms. The fourth-order valence-corrected chi connectivity index (χ4v) is 0.747. The Morgan fingerprint density at radius 2 is 1.91 bits per heavy atom. The lowest BCUT2D eigenvalue weighted by atomic mass is 9.91. The summed E-state index contributed by atoms with van der Waals surface area (Å²) in [4.78, 5) is 1.26. The minimum Gasteiger partial charge on any atom is -0.448 e. The molecular formula is C5H13BF3N2-. The molecule has 0 rings (SSSR count). The van der Waals surface area contributed by atoms with Gasteiger partial charge in [-0.3, -0.25) is 0 Å². The van der Waals surface area contributed by atoms with Gasteiger partial charge in [0.25, 0.3) is 0 Å². The third-order valence-electron chi connectivity index (χ3n) is 1.26. The van der Waals surface area contributed by atoms with Crippen molar-refractivity contribution in [1.29, 1.82) is 0 Å². The van der Waals surface area contributed by atoms with Crippen molar-refractivity contribution in [3.05, 3.63) is 0 Å². The SMILES string of the molecule is CNCCN(C)C[B-](F)(F)F. The first-order valence-corrected chi connectivity index (χ1v) is 3.50. The van der Waals surface area contributed by atoms with Crippen LogP contribution in [0.2, 0.25) is 0 Å². The molecule has 0 bridgehead atoms. The highest BCUT2D eigenvalue weighted by atomic mass is 19.4. The molecule has 0 aromatic carbocycles. The van der Waals surface area contributed by atoms with E-state index < -0.39 is 13.4 Å². The van der Waals surface area contributed by atoms with Gasteiger partial charge in [0.05, 0.1) is 0 Å². The lowest BCUT2D eigenvalue weighted by Crippen LogP contribution is -2.38. The molecule has 0 spiro atoms. The van der Waals surface area contributed by atoms with Gasteiger partial charge in [-0.15, -0.1) is 0 Å². The predicted octanol–water partition coefficient (Wildman–Crippen LogP) is 0.524. The highest BCUT2D eigenvalue weighted by Crippen LogP contribution is 2.08. The summed E-state index contributed by atoms with van der Waals surface area (Å²) < 4.78 is 35.2. The minimum atomic E-state index is -4.66. The Kier molecular flexibility index (Phi) is 4.52. The third-order valence-corrected chi connectivity index (χ3v) is 1.26. The molecule has 0 heterocycles. The summed E-state index contributed by atoms with van der Waals surface area (Å²) in [6, 6.07) is 0. The van der Waals surface area contributed by atoms with Crippen LogP contribution < -0.4 is 5.32 Å². The van der Waals surface area contributed by atoms with Crippen molar-refractivity contribution in [2.24, 2.45) is 0 Å². The van der Waals surface area contributed by atoms with Crippen LogP contribution in [0, 0.1) is 0 Å². The zero-order valence-electron chi connectivity index (χ0n) is 6.78. The van der Waals surface area contributed by atoms with E-state index in [2.05, 4.69) is 5.32 Å². The molecular weight excluding hydrogens is 156 g/mol. The highest BCUT2D eigenvalue weighted by Gasteiger charge is 2.24. The average molecular weight is 169 g/mol. The predicted molar refractivity (Wildman–Crippen MR) is 40.5 cm³/mol. The van der Waals surface area contributed by atoms with E-state index in [0.717, 1.165) is 0 Å². The van der Waals surface area contributed by atoms with Crippen LogP contribution in [-0.4, -0.2) is 45.5 Å². The Balaban J connectivity index is 3.44. The van der Waals surface area contributed by atoms with E-state index >= 15 is 0 Å². The summed E-state index contributed by atoms with van der Waals surface area (Å²) in [5.41, 5.74) is 0. The lowest BCUT2D eigenvalue weighted by molar-refractivity contribution is 0.329. The summed E-state index contributed by atoms with van der Waals surface area (Å²) in [6.07, 6.45) is -0.776. The van der Waals surface area contributed by atoms with Gasteiger partial charge in [0.1, 0.15) is 0 Å². The number of likely N-dealkylation sites (N-methyl/N-ethyl adjacent to an activating group) is 2. The van der Waals surface area contributed by atoms with Crippen molar-refractivity contribution in [2.75, 3.05) is 33.6 Å². The van der Waals surface area contributed by atoms with Gasteiger partial charge >= 0.3 is 6.98 Å². The van der Waals surface area contributed by atoms with Crippen molar-refractivity contribution < 1.29 is 12.9 Å². The van der Waals surface area contributed by atoms with Crippen molar-refractivity contribution in [3.63, 3.8) is 0 Å². The van der Waals surface area contributed by atoms with E-state index in [1.165, 1.54) is 11.9 Å². The molecule has 2 nitrogen and oxygen atoms in total. The molecule has 0 aliphatic carbocycles. The summed E-state index contributed by atoms with van der Waals surface area (Å²) >= 11 is 0. The van der Waals surface area contributed by atoms with Gasteiger partial charge in [0.2, 0.25) is 0 Å². The quantitative estimate of drug-likeness (QED) is 0.603. The third kappa shape index (κ3) is 7.67. The van der Waals surface area contributed by atoms with Crippen LogP contribution >= 0.6 is 0 Å². The van der Waals surface area contributed by atoms with Gasteiger partial charge in [0, 0.05) is 13.1 Å². The molecule has 0 aromatic heterocycles. The van der Waals surface area contributed by atoms with Crippen molar-refractivity contribution in [2.45, 2.75) is 0 Å². The number of rotatable bonds is 5. The van der Waals surface area contributed by atoms with Crippen LogP contribution in [0.4, 0.5) is 12.9 Å². The van der Waals surface area contributed by atoms with Gasteiger partial charge in [-0.2, -0.15) is 0 Å². The van der Waals surface area contributed by atoms with Crippen LogP contribution in [0.1, 0.15) is 0 Å². The molecule has 0 unspecified atom stereocenters. The second kappa shape index (κ2) is 4.61. The molecule has 0 aliphatic heterocycles. The normalized spacial score (nSPS) is 12.5. The largest absolute Gasteiger partial charge is 0.492 e. The lowest BCUT2D eigenvalue weighted by Gasteiger charge is -2.23. The second-order valence-electron chi connectivity index (χ2n) is 2.58. The zero-order valence-corrected chi connectivity index (χ0v) is 6.78. The van der Waals surface area contributed by atoms with Gasteiger partial charge in [-0.05, 0) is 20.5 Å². The van der Waals surface area contributed by atoms with Crippen LogP contribution in [0.15, 0.2) is 0 Å². The van der Waals surface area contributed by atoms with E-state index in [9.17, 15) is 12.9 Å². The Labute approximate surface area is 64.8 Å². The summed E-state index contributed by atoms with van der Waals surface area (Å²) in [5, 5.41) is 2.78.